The van der Waals surface area contributed by atoms with E-state index in [4.69, 9.17) is 4.74 Å². The Labute approximate surface area is 72.5 Å². The first-order chi connectivity index (χ1) is 5.90. The molecule has 0 amide bonds. The van der Waals surface area contributed by atoms with Crippen molar-refractivity contribution in [1.29, 1.82) is 0 Å². The molecule has 1 N–H and O–H groups in total. The number of anilines is 1. The van der Waals surface area contributed by atoms with E-state index in [0.717, 1.165) is 19.6 Å². The number of ether oxygens (including phenoxy) is 1. The summed E-state index contributed by atoms with van der Waals surface area (Å²) in [5.74, 6) is 0. The minimum absolute atomic E-state index is 0.769. The third-order valence-corrected chi connectivity index (χ3v) is 2.27. The van der Waals surface area contributed by atoms with Crippen molar-refractivity contribution in [2.45, 2.75) is 13.0 Å². The molecule has 1 aliphatic rings. The van der Waals surface area contributed by atoms with Crippen LogP contribution in [-0.2, 0) is 17.8 Å². The molecule has 2 heteroatoms. The quantitative estimate of drug-likeness (QED) is 0.681. The van der Waals surface area contributed by atoms with Crippen LogP contribution in [0.4, 0.5) is 5.69 Å². The van der Waals surface area contributed by atoms with Gasteiger partial charge >= 0.3 is 0 Å². The van der Waals surface area contributed by atoms with Gasteiger partial charge in [-0.1, -0.05) is 6.07 Å². The van der Waals surface area contributed by atoms with Crippen molar-refractivity contribution in [3.8, 4) is 0 Å². The van der Waals surface area contributed by atoms with E-state index in [2.05, 4.69) is 23.5 Å². The Morgan fingerprint density at radius 1 is 1.33 bits per heavy atom. The van der Waals surface area contributed by atoms with E-state index < -0.39 is 0 Å². The van der Waals surface area contributed by atoms with Crippen LogP contribution in [0.2, 0.25) is 0 Å². The summed E-state index contributed by atoms with van der Waals surface area (Å²) in [7, 11) is 1.94. The molecule has 1 aromatic carbocycles. The van der Waals surface area contributed by atoms with E-state index in [-0.39, 0.29) is 0 Å². The fourth-order valence-corrected chi connectivity index (χ4v) is 1.52. The van der Waals surface area contributed by atoms with E-state index in [0.29, 0.717) is 0 Å². The van der Waals surface area contributed by atoms with Gasteiger partial charge < -0.3 is 10.1 Å². The minimum Gasteiger partial charge on any atom is -0.388 e. The van der Waals surface area contributed by atoms with E-state index in [1.54, 1.807) is 0 Å². The highest BCUT2D eigenvalue weighted by Crippen LogP contribution is 2.20. The second-order valence-corrected chi connectivity index (χ2v) is 3.04. The normalized spacial score (nSPS) is 15.4. The maximum atomic E-state index is 5.37. The van der Waals surface area contributed by atoms with Crippen molar-refractivity contribution in [2.24, 2.45) is 0 Å². The van der Waals surface area contributed by atoms with Crippen LogP contribution < -0.4 is 5.32 Å². The molecule has 0 spiro atoms. The van der Waals surface area contributed by atoms with Gasteiger partial charge in [0.25, 0.3) is 0 Å². The zero-order valence-corrected chi connectivity index (χ0v) is 7.26. The third kappa shape index (κ3) is 1.30. The maximum Gasteiger partial charge on any atom is 0.0720 e. The molecule has 2 nitrogen and oxygen atoms in total. The Bertz CT molecular complexity index is 283. The maximum absolute atomic E-state index is 5.37. The molecule has 1 heterocycles. The highest BCUT2D eigenvalue weighted by atomic mass is 16.5. The van der Waals surface area contributed by atoms with Gasteiger partial charge in [0.05, 0.1) is 13.2 Å². The first-order valence-electron chi connectivity index (χ1n) is 4.27. The van der Waals surface area contributed by atoms with Crippen LogP contribution >= 0.6 is 0 Å². The second kappa shape index (κ2) is 3.15. The van der Waals surface area contributed by atoms with Crippen molar-refractivity contribution in [3.05, 3.63) is 29.3 Å². The Balaban J connectivity index is 2.36. The molecular formula is C10H13NO. The molecule has 1 aromatic rings. The van der Waals surface area contributed by atoms with Crippen LogP contribution in [0, 0.1) is 0 Å². The monoisotopic (exact) mass is 163 g/mol. The fourth-order valence-electron chi connectivity index (χ4n) is 1.52. The lowest BCUT2D eigenvalue weighted by atomic mass is 10.0. The van der Waals surface area contributed by atoms with Crippen LogP contribution in [0.3, 0.4) is 0 Å². The number of rotatable bonds is 1. The van der Waals surface area contributed by atoms with Crippen LogP contribution in [-0.4, -0.2) is 13.7 Å². The van der Waals surface area contributed by atoms with Crippen molar-refractivity contribution < 1.29 is 4.74 Å². The summed E-state index contributed by atoms with van der Waals surface area (Å²) in [4.78, 5) is 0. The molecule has 0 aliphatic carbocycles. The Morgan fingerprint density at radius 3 is 3.08 bits per heavy atom. The molecule has 0 aromatic heterocycles. The summed E-state index contributed by atoms with van der Waals surface area (Å²) in [6.45, 7) is 1.64. The highest BCUT2D eigenvalue weighted by Gasteiger charge is 2.08. The van der Waals surface area contributed by atoms with Gasteiger partial charge in [-0.3, -0.25) is 0 Å². The number of fused-ring (bicyclic) bond motifs is 1. The van der Waals surface area contributed by atoms with Crippen molar-refractivity contribution in [1.82, 2.24) is 0 Å². The zero-order valence-electron chi connectivity index (χ0n) is 7.26. The first kappa shape index (κ1) is 7.62. The molecule has 0 bridgehead atoms. The molecule has 0 atom stereocenters. The fraction of sp³-hybridized carbons (Fsp3) is 0.400. The standard InChI is InChI=1S/C10H13NO/c1-11-10-3-2-8-4-5-12-7-9(8)6-10/h2-3,6,11H,4-5,7H2,1H3. The Morgan fingerprint density at radius 2 is 2.25 bits per heavy atom. The number of benzene rings is 1. The zero-order chi connectivity index (χ0) is 8.39. The van der Waals surface area contributed by atoms with Gasteiger partial charge in [0.2, 0.25) is 0 Å². The molecule has 1 aliphatic heterocycles. The number of hydrogen-bond donors (Lipinski definition) is 1. The van der Waals surface area contributed by atoms with Gasteiger partial charge in [-0.2, -0.15) is 0 Å². The van der Waals surface area contributed by atoms with Gasteiger partial charge in [0.15, 0.2) is 0 Å². The second-order valence-electron chi connectivity index (χ2n) is 3.04. The summed E-state index contributed by atoms with van der Waals surface area (Å²) >= 11 is 0. The van der Waals surface area contributed by atoms with E-state index in [1.165, 1.54) is 16.8 Å². The summed E-state index contributed by atoms with van der Waals surface area (Å²) in [5, 5.41) is 3.12. The minimum atomic E-state index is 0.769. The lowest BCUT2D eigenvalue weighted by Crippen LogP contribution is -2.09. The lowest BCUT2D eigenvalue weighted by molar-refractivity contribution is 0.111. The van der Waals surface area contributed by atoms with Gasteiger partial charge in [-0.05, 0) is 29.7 Å². The molecule has 12 heavy (non-hydrogen) atoms. The predicted molar refractivity (Wildman–Crippen MR) is 49.3 cm³/mol. The van der Waals surface area contributed by atoms with Gasteiger partial charge in [-0.25, -0.2) is 0 Å². The summed E-state index contributed by atoms with van der Waals surface area (Å²) in [6.07, 6.45) is 1.05. The number of nitrogens with one attached hydrogen (secondary N) is 1. The Hall–Kier alpha value is -1.02. The molecule has 0 saturated heterocycles. The van der Waals surface area contributed by atoms with Gasteiger partial charge in [-0.15, -0.1) is 0 Å². The topological polar surface area (TPSA) is 21.3 Å². The average Bonchev–Trinajstić information content (AvgIpc) is 2.17. The molecule has 64 valence electrons. The van der Waals surface area contributed by atoms with Gasteiger partial charge in [0, 0.05) is 12.7 Å². The molecule has 0 radical (unpaired) electrons. The lowest BCUT2D eigenvalue weighted by Gasteiger charge is -2.16. The first-order valence-corrected chi connectivity index (χ1v) is 4.27. The smallest absolute Gasteiger partial charge is 0.0720 e. The van der Waals surface area contributed by atoms with Crippen LogP contribution in [0.5, 0.6) is 0 Å². The molecule has 0 fully saturated rings. The molecular weight excluding hydrogens is 150 g/mol. The molecule has 2 rings (SSSR count). The average molecular weight is 163 g/mol. The van der Waals surface area contributed by atoms with Crippen LogP contribution in [0.1, 0.15) is 11.1 Å². The third-order valence-electron chi connectivity index (χ3n) is 2.27. The van der Waals surface area contributed by atoms with E-state index >= 15 is 0 Å². The van der Waals surface area contributed by atoms with Gasteiger partial charge in [0.1, 0.15) is 0 Å². The van der Waals surface area contributed by atoms with Crippen LogP contribution in [0.15, 0.2) is 18.2 Å². The SMILES string of the molecule is CNc1ccc2c(c1)COCC2. The van der Waals surface area contributed by atoms with E-state index in [9.17, 15) is 0 Å². The largest absolute Gasteiger partial charge is 0.388 e. The summed E-state index contributed by atoms with van der Waals surface area (Å²) in [5.41, 5.74) is 3.92. The highest BCUT2D eigenvalue weighted by molar-refractivity contribution is 5.48. The van der Waals surface area contributed by atoms with Crippen LogP contribution in [0.25, 0.3) is 0 Å². The van der Waals surface area contributed by atoms with Crippen molar-refractivity contribution in [3.63, 3.8) is 0 Å². The summed E-state index contributed by atoms with van der Waals surface area (Å²) in [6, 6.07) is 6.46. The number of hydrogen-bond acceptors (Lipinski definition) is 2. The molecule has 0 saturated carbocycles. The van der Waals surface area contributed by atoms with E-state index in [1.807, 2.05) is 7.05 Å². The van der Waals surface area contributed by atoms with Crippen molar-refractivity contribution >= 4 is 5.69 Å². The predicted octanol–water partition coefficient (Wildman–Crippen LogP) is 1.80. The summed E-state index contributed by atoms with van der Waals surface area (Å²) < 4.78 is 5.37. The molecule has 0 unspecified atom stereocenters. The Kier molecular flexibility index (Phi) is 2.00. The van der Waals surface area contributed by atoms with Crippen molar-refractivity contribution in [2.75, 3.05) is 19.0 Å².